The third kappa shape index (κ3) is 2.35. The Balaban J connectivity index is 1.79. The fourth-order valence-electron chi connectivity index (χ4n) is 3.42. The summed E-state index contributed by atoms with van der Waals surface area (Å²) in [6.45, 7) is 1.89. The van der Waals surface area contributed by atoms with Gasteiger partial charge in [-0.15, -0.1) is 0 Å². The molecule has 1 aromatic heterocycles. The molecule has 20 heavy (non-hydrogen) atoms. The van der Waals surface area contributed by atoms with Gasteiger partial charge >= 0.3 is 5.97 Å². The number of methoxy groups -OCH3 is 1. The molecule has 1 saturated heterocycles. The molecule has 108 valence electrons. The summed E-state index contributed by atoms with van der Waals surface area (Å²) in [6.07, 6.45) is 5.18. The smallest absolute Gasteiger partial charge is 0.376 e. The highest BCUT2D eigenvalue weighted by atomic mass is 16.5. The molecule has 0 bridgehead atoms. The molecule has 2 heterocycles. The number of carbonyl (C=O) groups is 1. The Hall–Kier alpha value is -1.69. The maximum Gasteiger partial charge on any atom is 0.376 e. The second-order valence-corrected chi connectivity index (χ2v) is 5.65. The van der Waals surface area contributed by atoms with Crippen molar-refractivity contribution in [3.8, 4) is 0 Å². The van der Waals surface area contributed by atoms with Gasteiger partial charge in [0, 0.05) is 25.3 Å². The molecule has 3 atom stereocenters. The monoisotopic (exact) mass is 276 g/mol. The van der Waals surface area contributed by atoms with E-state index in [2.05, 4.69) is 19.6 Å². The quantitative estimate of drug-likeness (QED) is 0.806. The molecule has 2 N–H and O–H groups in total. The minimum Gasteiger partial charge on any atom is -0.463 e. The van der Waals surface area contributed by atoms with E-state index in [1.54, 1.807) is 6.20 Å². The van der Waals surface area contributed by atoms with Crippen LogP contribution in [-0.4, -0.2) is 42.2 Å². The molecule has 0 amide bonds. The minimum atomic E-state index is -0.500. The van der Waals surface area contributed by atoms with Crippen molar-refractivity contribution in [3.05, 3.63) is 18.1 Å². The average molecular weight is 276 g/mol. The number of hydrogen-bond donors (Lipinski definition) is 1. The number of aromatic nitrogens is 2. The summed E-state index contributed by atoms with van der Waals surface area (Å²) in [6, 6.07) is 2.13. The van der Waals surface area contributed by atoms with Crippen LogP contribution >= 0.6 is 0 Å². The first-order valence-electron chi connectivity index (χ1n) is 7.11. The van der Waals surface area contributed by atoms with E-state index >= 15 is 0 Å². The zero-order valence-electron chi connectivity index (χ0n) is 11.7. The summed E-state index contributed by atoms with van der Waals surface area (Å²) in [5.41, 5.74) is 6.23. The zero-order valence-corrected chi connectivity index (χ0v) is 11.7. The molecule has 1 aliphatic heterocycles. The average Bonchev–Trinajstić information content (AvgIpc) is 2.92. The molecule has 0 radical (unpaired) electrons. The van der Waals surface area contributed by atoms with Gasteiger partial charge in [-0.1, -0.05) is 6.42 Å². The Kier molecular flexibility index (Phi) is 3.56. The van der Waals surface area contributed by atoms with Crippen LogP contribution in [0.25, 0.3) is 0 Å². The van der Waals surface area contributed by atoms with Gasteiger partial charge in [-0.05, 0) is 30.7 Å². The summed E-state index contributed by atoms with van der Waals surface area (Å²) in [4.78, 5) is 22.0. The van der Waals surface area contributed by atoms with Crippen LogP contribution in [-0.2, 0) is 4.74 Å². The summed E-state index contributed by atoms with van der Waals surface area (Å²) in [7, 11) is 1.34. The van der Waals surface area contributed by atoms with Crippen molar-refractivity contribution in [1.29, 1.82) is 0 Å². The fourth-order valence-corrected chi connectivity index (χ4v) is 3.42. The number of nitrogens with two attached hydrogens (primary N) is 1. The highest BCUT2D eigenvalue weighted by molar-refractivity contribution is 5.85. The second kappa shape index (κ2) is 5.36. The van der Waals surface area contributed by atoms with Gasteiger partial charge in [-0.25, -0.2) is 14.8 Å². The van der Waals surface area contributed by atoms with Crippen molar-refractivity contribution < 1.29 is 9.53 Å². The number of carbonyl (C=O) groups excluding carboxylic acids is 1. The Bertz CT molecular complexity index is 508. The number of ether oxygens (including phenoxy) is 1. The topological polar surface area (TPSA) is 81.3 Å². The molecule has 3 unspecified atom stereocenters. The largest absolute Gasteiger partial charge is 0.463 e. The molecular weight excluding hydrogens is 256 g/mol. The van der Waals surface area contributed by atoms with Crippen molar-refractivity contribution >= 4 is 11.8 Å². The molecule has 0 spiro atoms. The molecule has 6 nitrogen and oxygen atoms in total. The summed E-state index contributed by atoms with van der Waals surface area (Å²) < 4.78 is 4.66. The maximum atomic E-state index is 11.5. The molecule has 6 heteroatoms. The van der Waals surface area contributed by atoms with Crippen molar-refractivity contribution in [2.24, 2.45) is 17.6 Å². The molecule has 1 aliphatic carbocycles. The van der Waals surface area contributed by atoms with E-state index in [1.165, 1.54) is 20.0 Å². The molecule has 3 rings (SSSR count). The standard InChI is InChI=1S/C14H20N4O2/c1-20-14(19)13-16-6-5-12(17-13)18-7-9-3-2-4-11(15)10(9)8-18/h5-6,9-11H,2-4,7-8,15H2,1H3. The molecule has 2 fully saturated rings. The van der Waals surface area contributed by atoms with E-state index in [0.717, 1.165) is 25.3 Å². The van der Waals surface area contributed by atoms with Crippen molar-refractivity contribution in [2.45, 2.75) is 25.3 Å². The maximum absolute atomic E-state index is 11.5. The van der Waals surface area contributed by atoms with E-state index in [-0.39, 0.29) is 5.82 Å². The predicted octanol–water partition coefficient (Wildman–Crippen LogP) is 0.827. The van der Waals surface area contributed by atoms with Crippen LogP contribution in [0.4, 0.5) is 5.82 Å². The summed E-state index contributed by atoms with van der Waals surface area (Å²) in [5.74, 6) is 1.60. The lowest BCUT2D eigenvalue weighted by Crippen LogP contribution is -2.38. The summed E-state index contributed by atoms with van der Waals surface area (Å²) >= 11 is 0. The van der Waals surface area contributed by atoms with E-state index in [0.29, 0.717) is 17.9 Å². The van der Waals surface area contributed by atoms with Crippen LogP contribution < -0.4 is 10.6 Å². The Morgan fingerprint density at radius 2 is 2.30 bits per heavy atom. The van der Waals surface area contributed by atoms with Crippen LogP contribution in [0.1, 0.15) is 29.9 Å². The normalized spacial score (nSPS) is 29.1. The number of nitrogens with zero attached hydrogens (tertiary/aromatic N) is 3. The third-order valence-electron chi connectivity index (χ3n) is 4.49. The van der Waals surface area contributed by atoms with Gasteiger partial charge in [0.15, 0.2) is 0 Å². The van der Waals surface area contributed by atoms with Gasteiger partial charge in [0.05, 0.1) is 7.11 Å². The van der Waals surface area contributed by atoms with E-state index in [9.17, 15) is 4.79 Å². The summed E-state index contributed by atoms with van der Waals surface area (Å²) in [5, 5.41) is 0. The SMILES string of the molecule is COC(=O)c1nccc(N2CC3CCCC(N)C3C2)n1. The van der Waals surface area contributed by atoms with Gasteiger partial charge in [0.25, 0.3) is 0 Å². The highest BCUT2D eigenvalue weighted by Crippen LogP contribution is 2.36. The molecular formula is C14H20N4O2. The van der Waals surface area contributed by atoms with Gasteiger partial charge < -0.3 is 15.4 Å². The third-order valence-corrected chi connectivity index (χ3v) is 4.49. The lowest BCUT2D eigenvalue weighted by atomic mass is 9.78. The molecule has 2 aliphatic rings. The lowest BCUT2D eigenvalue weighted by molar-refractivity contribution is 0.0587. The number of esters is 1. The van der Waals surface area contributed by atoms with E-state index in [4.69, 9.17) is 5.73 Å². The van der Waals surface area contributed by atoms with Crippen LogP contribution in [0.5, 0.6) is 0 Å². The van der Waals surface area contributed by atoms with Gasteiger partial charge in [-0.2, -0.15) is 0 Å². The fraction of sp³-hybridized carbons (Fsp3) is 0.643. The zero-order chi connectivity index (χ0) is 14.1. The van der Waals surface area contributed by atoms with Crippen LogP contribution in [0.2, 0.25) is 0 Å². The van der Waals surface area contributed by atoms with Gasteiger partial charge in [0.1, 0.15) is 5.82 Å². The highest BCUT2D eigenvalue weighted by Gasteiger charge is 2.39. The van der Waals surface area contributed by atoms with Crippen molar-refractivity contribution in [2.75, 3.05) is 25.1 Å². The number of hydrogen-bond acceptors (Lipinski definition) is 6. The van der Waals surface area contributed by atoms with Crippen LogP contribution in [0.15, 0.2) is 12.3 Å². The first-order valence-corrected chi connectivity index (χ1v) is 7.11. The Morgan fingerprint density at radius 1 is 1.45 bits per heavy atom. The van der Waals surface area contributed by atoms with Crippen LogP contribution in [0, 0.1) is 11.8 Å². The Morgan fingerprint density at radius 3 is 3.05 bits per heavy atom. The number of anilines is 1. The molecule has 1 aromatic rings. The lowest BCUT2D eigenvalue weighted by Gasteiger charge is -2.29. The van der Waals surface area contributed by atoms with Gasteiger partial charge in [0.2, 0.25) is 5.82 Å². The first-order chi connectivity index (χ1) is 9.69. The predicted molar refractivity (Wildman–Crippen MR) is 74.4 cm³/mol. The van der Waals surface area contributed by atoms with Crippen LogP contribution in [0.3, 0.4) is 0 Å². The Labute approximate surface area is 118 Å². The molecule has 0 aromatic carbocycles. The van der Waals surface area contributed by atoms with Crippen molar-refractivity contribution in [1.82, 2.24) is 9.97 Å². The minimum absolute atomic E-state index is 0.115. The van der Waals surface area contributed by atoms with Gasteiger partial charge in [-0.3, -0.25) is 0 Å². The first kappa shape index (κ1) is 13.3. The van der Waals surface area contributed by atoms with Crippen molar-refractivity contribution in [3.63, 3.8) is 0 Å². The van der Waals surface area contributed by atoms with E-state index < -0.39 is 5.97 Å². The second-order valence-electron chi connectivity index (χ2n) is 5.65. The van der Waals surface area contributed by atoms with E-state index in [1.807, 2.05) is 6.07 Å². The number of rotatable bonds is 2. The number of fused-ring (bicyclic) bond motifs is 1. The molecule has 1 saturated carbocycles.